The van der Waals surface area contributed by atoms with E-state index in [0.29, 0.717) is 18.0 Å². The largest absolute Gasteiger partial charge is 0.467 e. The third kappa shape index (κ3) is 3.79. The average molecular weight is 477 g/mol. The Bertz CT molecular complexity index is 1370. The first-order valence-electron chi connectivity index (χ1n) is 11.3. The van der Waals surface area contributed by atoms with Gasteiger partial charge in [-0.05, 0) is 57.0 Å². The number of nitrogens with zero attached hydrogens (tertiary/aromatic N) is 4. The van der Waals surface area contributed by atoms with E-state index in [-0.39, 0.29) is 18.3 Å². The molecule has 0 atom stereocenters. The Morgan fingerprint density at radius 2 is 1.97 bits per heavy atom. The highest BCUT2D eigenvalue weighted by Crippen LogP contribution is 2.40. The van der Waals surface area contributed by atoms with Crippen LogP contribution >= 0.6 is 11.8 Å². The molecule has 1 aliphatic heterocycles. The summed E-state index contributed by atoms with van der Waals surface area (Å²) in [7, 11) is 0. The smallest absolute Gasteiger partial charge is 0.231 e. The molecule has 4 heterocycles. The zero-order valence-electron chi connectivity index (χ0n) is 19.0. The van der Waals surface area contributed by atoms with E-state index >= 15 is 0 Å². The van der Waals surface area contributed by atoms with E-state index in [1.165, 1.54) is 11.8 Å². The molecule has 174 valence electrons. The molecule has 0 N–H and O–H groups in total. The molecule has 0 radical (unpaired) electrons. The maximum Gasteiger partial charge on any atom is 0.231 e. The lowest BCUT2D eigenvalue weighted by Gasteiger charge is -2.11. The summed E-state index contributed by atoms with van der Waals surface area (Å²) in [6, 6.07) is 11.6. The Labute approximate surface area is 200 Å². The van der Waals surface area contributed by atoms with E-state index in [2.05, 4.69) is 19.3 Å². The fourth-order valence-corrected chi connectivity index (χ4v) is 5.26. The third-order valence-corrected chi connectivity index (χ3v) is 7.23. The molecule has 2 aliphatic rings. The van der Waals surface area contributed by atoms with Gasteiger partial charge in [0.05, 0.1) is 18.6 Å². The molecular weight excluding hydrogens is 452 g/mol. The van der Waals surface area contributed by atoms with Gasteiger partial charge in [-0.1, -0.05) is 11.8 Å². The minimum absolute atomic E-state index is 0.0608. The van der Waals surface area contributed by atoms with Crippen molar-refractivity contribution in [3.05, 3.63) is 71.2 Å². The van der Waals surface area contributed by atoms with Crippen LogP contribution < -0.4 is 9.47 Å². The molecule has 0 unspecified atom stereocenters. The average Bonchev–Trinajstić information content (AvgIpc) is 3.19. The molecule has 1 saturated carbocycles. The Balaban J connectivity index is 1.22. The fraction of sp³-hybridized carbons (Fsp3) is 0.320. The first-order valence-corrected chi connectivity index (χ1v) is 12.3. The van der Waals surface area contributed by atoms with Crippen LogP contribution in [0.1, 0.15) is 52.1 Å². The number of furan rings is 1. The van der Waals surface area contributed by atoms with Crippen molar-refractivity contribution < 1.29 is 18.7 Å². The summed E-state index contributed by atoms with van der Waals surface area (Å²) in [5, 5.41) is 9.57. The molecule has 1 aliphatic carbocycles. The minimum atomic E-state index is 0.0608. The minimum Gasteiger partial charge on any atom is -0.467 e. The molecule has 8 nitrogen and oxygen atoms in total. The van der Waals surface area contributed by atoms with Crippen LogP contribution in [-0.4, -0.2) is 37.7 Å². The summed E-state index contributed by atoms with van der Waals surface area (Å²) in [4.78, 5) is 13.2. The number of Topliss-reactive ketones (excluding diaryl/α,β-unsaturated/α-hetero) is 1. The number of carbonyl (C=O) groups excluding carboxylic acids is 1. The van der Waals surface area contributed by atoms with E-state index < -0.39 is 0 Å². The van der Waals surface area contributed by atoms with E-state index in [4.69, 9.17) is 13.9 Å². The van der Waals surface area contributed by atoms with E-state index in [1.54, 1.807) is 6.26 Å². The third-order valence-electron chi connectivity index (χ3n) is 6.26. The fourth-order valence-electron chi connectivity index (χ4n) is 4.43. The number of ether oxygens (including phenoxy) is 2. The second-order valence-electron chi connectivity index (χ2n) is 8.65. The molecule has 0 amide bonds. The van der Waals surface area contributed by atoms with Crippen LogP contribution in [0.25, 0.3) is 5.69 Å². The number of aryl methyl sites for hydroxylation is 1. The number of rotatable bonds is 8. The topological polar surface area (TPSA) is 84.3 Å². The van der Waals surface area contributed by atoms with Gasteiger partial charge in [0.1, 0.15) is 11.6 Å². The molecule has 4 aromatic rings. The Morgan fingerprint density at radius 1 is 1.12 bits per heavy atom. The van der Waals surface area contributed by atoms with Gasteiger partial charge in [-0.15, -0.1) is 10.2 Å². The van der Waals surface area contributed by atoms with Crippen LogP contribution in [0.5, 0.6) is 11.5 Å². The maximum atomic E-state index is 13.2. The molecule has 34 heavy (non-hydrogen) atoms. The lowest BCUT2D eigenvalue weighted by molar-refractivity contribution is 0.102. The Hall–Kier alpha value is -3.46. The second kappa shape index (κ2) is 8.39. The number of carbonyl (C=O) groups is 1. The highest BCUT2D eigenvalue weighted by Gasteiger charge is 2.31. The lowest BCUT2D eigenvalue weighted by atomic mass is 10.2. The summed E-state index contributed by atoms with van der Waals surface area (Å²) in [5.74, 6) is 4.08. The van der Waals surface area contributed by atoms with Crippen LogP contribution in [0.3, 0.4) is 0 Å². The summed E-state index contributed by atoms with van der Waals surface area (Å²) in [5.41, 5.74) is 3.54. The number of ketones is 1. The van der Waals surface area contributed by atoms with E-state index in [9.17, 15) is 4.79 Å². The van der Waals surface area contributed by atoms with Crippen molar-refractivity contribution in [3.8, 4) is 17.2 Å². The highest BCUT2D eigenvalue weighted by atomic mass is 32.2. The van der Waals surface area contributed by atoms with E-state index in [1.807, 2.05) is 50.2 Å². The first kappa shape index (κ1) is 21.1. The number of fused-ring (bicyclic) bond motifs is 1. The monoisotopic (exact) mass is 476 g/mol. The summed E-state index contributed by atoms with van der Waals surface area (Å²) in [6.45, 7) is 4.78. The molecule has 6 rings (SSSR count). The molecule has 0 saturated heterocycles. The van der Waals surface area contributed by atoms with Crippen LogP contribution in [-0.2, 0) is 6.54 Å². The number of aromatic nitrogens is 4. The Morgan fingerprint density at radius 3 is 2.76 bits per heavy atom. The van der Waals surface area contributed by atoms with Gasteiger partial charge in [0.25, 0.3) is 0 Å². The van der Waals surface area contributed by atoms with Crippen molar-refractivity contribution in [1.82, 2.24) is 19.3 Å². The predicted octanol–water partition coefficient (Wildman–Crippen LogP) is 4.91. The summed E-state index contributed by atoms with van der Waals surface area (Å²) in [6.07, 6.45) is 3.93. The zero-order chi connectivity index (χ0) is 23.2. The SMILES string of the molecule is Cc1cc(C(=O)CSc2nnc(C3CC3)n2Cc2ccco2)c(C)n1-c1ccc2c(c1)OCO2. The van der Waals surface area contributed by atoms with Gasteiger partial charge in [-0.2, -0.15) is 0 Å². The lowest BCUT2D eigenvalue weighted by Crippen LogP contribution is -2.08. The number of thioether (sulfide) groups is 1. The van der Waals surface area contributed by atoms with Crippen LogP contribution in [0.2, 0.25) is 0 Å². The molecule has 0 bridgehead atoms. The standard InChI is InChI=1S/C25H24N4O4S/c1-15-10-20(16(2)29(15)18-7-8-22-23(11-18)33-14-32-22)21(30)13-34-25-27-26-24(17-5-6-17)28(25)12-19-4-3-9-31-19/h3-4,7-11,17H,5-6,12-14H2,1-2H3. The molecule has 3 aromatic heterocycles. The van der Waals surface area contributed by atoms with Crippen molar-refractivity contribution in [2.24, 2.45) is 0 Å². The summed E-state index contributed by atoms with van der Waals surface area (Å²) >= 11 is 1.43. The second-order valence-corrected chi connectivity index (χ2v) is 9.59. The first-order chi connectivity index (χ1) is 16.6. The van der Waals surface area contributed by atoms with Gasteiger partial charge < -0.3 is 18.5 Å². The van der Waals surface area contributed by atoms with Gasteiger partial charge in [0, 0.05) is 34.6 Å². The van der Waals surface area contributed by atoms with Crippen LogP contribution in [0, 0.1) is 13.8 Å². The van der Waals surface area contributed by atoms with Crippen molar-refractivity contribution in [2.45, 2.75) is 44.3 Å². The van der Waals surface area contributed by atoms with Gasteiger partial charge in [0.15, 0.2) is 22.4 Å². The van der Waals surface area contributed by atoms with Crippen molar-refractivity contribution in [1.29, 1.82) is 0 Å². The van der Waals surface area contributed by atoms with Crippen LogP contribution in [0.4, 0.5) is 0 Å². The number of hydrogen-bond donors (Lipinski definition) is 0. The van der Waals surface area contributed by atoms with Crippen LogP contribution in [0.15, 0.2) is 52.2 Å². The Kier molecular flexibility index (Phi) is 5.21. The highest BCUT2D eigenvalue weighted by molar-refractivity contribution is 7.99. The summed E-state index contributed by atoms with van der Waals surface area (Å²) < 4.78 is 20.7. The van der Waals surface area contributed by atoms with Gasteiger partial charge in [-0.25, -0.2) is 0 Å². The van der Waals surface area contributed by atoms with Crippen molar-refractivity contribution in [2.75, 3.05) is 12.5 Å². The molecule has 0 spiro atoms. The van der Waals surface area contributed by atoms with Crippen molar-refractivity contribution in [3.63, 3.8) is 0 Å². The molecule has 9 heteroatoms. The van der Waals surface area contributed by atoms with Crippen molar-refractivity contribution >= 4 is 17.5 Å². The van der Waals surface area contributed by atoms with Gasteiger partial charge in [-0.3, -0.25) is 9.36 Å². The van der Waals surface area contributed by atoms with Gasteiger partial charge >= 0.3 is 0 Å². The molecular formula is C25H24N4O4S. The maximum absolute atomic E-state index is 13.2. The van der Waals surface area contributed by atoms with E-state index in [0.717, 1.165) is 58.2 Å². The predicted molar refractivity (Wildman–Crippen MR) is 126 cm³/mol. The van der Waals surface area contributed by atoms with Gasteiger partial charge in [0.2, 0.25) is 6.79 Å². The molecule has 1 aromatic carbocycles. The number of hydrogen-bond acceptors (Lipinski definition) is 7. The number of benzene rings is 1. The molecule has 1 fully saturated rings. The quantitative estimate of drug-likeness (QED) is 0.264. The normalized spacial score (nSPS) is 14.6. The zero-order valence-corrected chi connectivity index (χ0v) is 19.8.